The third kappa shape index (κ3) is 4.22. The van der Waals surface area contributed by atoms with E-state index in [2.05, 4.69) is 28.9 Å². The lowest BCUT2D eigenvalue weighted by atomic mass is 9.93. The molecule has 21 heavy (non-hydrogen) atoms. The van der Waals surface area contributed by atoms with Crippen LogP contribution in [0.3, 0.4) is 0 Å². The lowest BCUT2D eigenvalue weighted by Crippen LogP contribution is -2.30. The van der Waals surface area contributed by atoms with Crippen molar-refractivity contribution in [2.75, 3.05) is 13.7 Å². The molecule has 1 aromatic rings. The smallest absolute Gasteiger partial charge is 0.160 e. The average molecular weight is 293 g/mol. The minimum atomic E-state index is 0.575. The number of ether oxygens (including phenoxy) is 1. The van der Waals surface area contributed by atoms with Crippen LogP contribution in [0.15, 0.2) is 6.20 Å². The number of methoxy groups -OCH3 is 1. The van der Waals surface area contributed by atoms with Gasteiger partial charge in [-0.05, 0) is 38.6 Å². The van der Waals surface area contributed by atoms with E-state index in [0.29, 0.717) is 12.0 Å². The second kappa shape index (κ2) is 8.42. The Labute approximate surface area is 129 Å². The fourth-order valence-corrected chi connectivity index (χ4v) is 3.48. The molecule has 2 atom stereocenters. The fourth-order valence-electron chi connectivity index (χ4n) is 3.48. The van der Waals surface area contributed by atoms with Gasteiger partial charge in [0.2, 0.25) is 0 Å². The summed E-state index contributed by atoms with van der Waals surface area (Å²) in [4.78, 5) is 0. The number of aromatic nitrogens is 2. The van der Waals surface area contributed by atoms with Crippen LogP contribution in [-0.2, 0) is 6.54 Å². The van der Waals surface area contributed by atoms with Gasteiger partial charge in [-0.2, -0.15) is 5.10 Å². The maximum Gasteiger partial charge on any atom is 0.160 e. The van der Waals surface area contributed by atoms with Gasteiger partial charge in [-0.3, -0.25) is 4.68 Å². The van der Waals surface area contributed by atoms with E-state index in [9.17, 15) is 0 Å². The van der Waals surface area contributed by atoms with Crippen LogP contribution in [0.4, 0.5) is 0 Å². The van der Waals surface area contributed by atoms with Crippen molar-refractivity contribution in [2.45, 2.75) is 77.3 Å². The second-order valence-electron chi connectivity index (χ2n) is 6.19. The Morgan fingerprint density at radius 2 is 2.10 bits per heavy atom. The molecule has 0 amide bonds. The van der Waals surface area contributed by atoms with Crippen molar-refractivity contribution < 1.29 is 4.74 Å². The van der Waals surface area contributed by atoms with Crippen LogP contribution in [0.1, 0.15) is 70.4 Å². The highest BCUT2D eigenvalue weighted by Crippen LogP contribution is 2.36. The van der Waals surface area contributed by atoms with Crippen molar-refractivity contribution >= 4 is 0 Å². The SMILES string of the molecule is CCCNC1CCCCC(c2c(OC)cnn2CCC)C1. The molecule has 1 aliphatic rings. The highest BCUT2D eigenvalue weighted by molar-refractivity contribution is 5.29. The van der Waals surface area contributed by atoms with E-state index in [1.54, 1.807) is 7.11 Å². The van der Waals surface area contributed by atoms with Crippen LogP contribution in [0.2, 0.25) is 0 Å². The molecule has 1 heterocycles. The fraction of sp³-hybridized carbons (Fsp3) is 0.824. The number of hydrogen-bond acceptors (Lipinski definition) is 3. The van der Waals surface area contributed by atoms with Crippen LogP contribution < -0.4 is 10.1 Å². The molecule has 0 bridgehead atoms. The van der Waals surface area contributed by atoms with E-state index >= 15 is 0 Å². The number of hydrogen-bond donors (Lipinski definition) is 1. The van der Waals surface area contributed by atoms with Crippen LogP contribution in [0, 0.1) is 0 Å². The molecule has 1 N–H and O–H groups in total. The molecule has 1 saturated carbocycles. The maximum absolute atomic E-state index is 5.58. The van der Waals surface area contributed by atoms with Crippen molar-refractivity contribution in [1.82, 2.24) is 15.1 Å². The first-order valence-electron chi connectivity index (χ1n) is 8.63. The molecule has 120 valence electrons. The van der Waals surface area contributed by atoms with Gasteiger partial charge in [0, 0.05) is 18.5 Å². The van der Waals surface area contributed by atoms with Gasteiger partial charge in [-0.15, -0.1) is 0 Å². The lowest BCUT2D eigenvalue weighted by molar-refractivity contribution is 0.383. The average Bonchev–Trinajstić information content (AvgIpc) is 2.76. The van der Waals surface area contributed by atoms with Gasteiger partial charge in [0.05, 0.1) is 19.0 Å². The normalized spacial score (nSPS) is 23.0. The first-order chi connectivity index (χ1) is 10.3. The predicted molar refractivity (Wildman–Crippen MR) is 87.0 cm³/mol. The number of nitrogens with zero attached hydrogens (tertiary/aromatic N) is 2. The monoisotopic (exact) mass is 293 g/mol. The summed E-state index contributed by atoms with van der Waals surface area (Å²) in [6.07, 6.45) is 10.6. The third-order valence-corrected chi connectivity index (χ3v) is 4.49. The molecular formula is C17H31N3O. The number of aryl methyl sites for hydroxylation is 1. The van der Waals surface area contributed by atoms with Crippen LogP contribution in [-0.4, -0.2) is 29.5 Å². The highest BCUT2D eigenvalue weighted by Gasteiger charge is 2.26. The summed E-state index contributed by atoms with van der Waals surface area (Å²) >= 11 is 0. The summed E-state index contributed by atoms with van der Waals surface area (Å²) in [5, 5.41) is 8.26. The Bertz CT molecular complexity index is 416. The molecular weight excluding hydrogens is 262 g/mol. The van der Waals surface area contributed by atoms with Crippen molar-refractivity contribution in [3.63, 3.8) is 0 Å². The molecule has 4 heteroatoms. The zero-order valence-corrected chi connectivity index (χ0v) is 13.9. The molecule has 4 nitrogen and oxygen atoms in total. The Morgan fingerprint density at radius 3 is 2.81 bits per heavy atom. The summed E-state index contributed by atoms with van der Waals surface area (Å²) in [7, 11) is 1.76. The second-order valence-corrected chi connectivity index (χ2v) is 6.19. The zero-order valence-electron chi connectivity index (χ0n) is 13.9. The quantitative estimate of drug-likeness (QED) is 0.779. The Morgan fingerprint density at radius 1 is 1.29 bits per heavy atom. The summed E-state index contributed by atoms with van der Waals surface area (Å²) in [6.45, 7) is 6.56. The van der Waals surface area contributed by atoms with E-state index in [4.69, 9.17) is 4.74 Å². The molecule has 1 fully saturated rings. The minimum absolute atomic E-state index is 0.575. The topological polar surface area (TPSA) is 39.1 Å². The predicted octanol–water partition coefficient (Wildman–Crippen LogP) is 3.72. The molecule has 0 saturated heterocycles. The van der Waals surface area contributed by atoms with E-state index in [1.807, 2.05) is 6.20 Å². The van der Waals surface area contributed by atoms with Gasteiger partial charge in [-0.25, -0.2) is 0 Å². The van der Waals surface area contributed by atoms with Crippen LogP contribution in [0.25, 0.3) is 0 Å². The Kier molecular flexibility index (Phi) is 6.55. The van der Waals surface area contributed by atoms with Gasteiger partial charge in [0.1, 0.15) is 0 Å². The highest BCUT2D eigenvalue weighted by atomic mass is 16.5. The third-order valence-electron chi connectivity index (χ3n) is 4.49. The van der Waals surface area contributed by atoms with Crippen molar-refractivity contribution in [2.24, 2.45) is 0 Å². The van der Waals surface area contributed by atoms with E-state index in [0.717, 1.165) is 25.3 Å². The lowest BCUT2D eigenvalue weighted by Gasteiger charge is -2.22. The molecule has 0 aliphatic heterocycles. The van der Waals surface area contributed by atoms with Gasteiger partial charge in [0.25, 0.3) is 0 Å². The molecule has 2 unspecified atom stereocenters. The summed E-state index contributed by atoms with van der Waals surface area (Å²) in [5.74, 6) is 1.55. The molecule has 0 spiro atoms. The van der Waals surface area contributed by atoms with Gasteiger partial charge < -0.3 is 10.1 Å². The molecule has 2 rings (SSSR count). The van der Waals surface area contributed by atoms with Gasteiger partial charge in [0.15, 0.2) is 5.75 Å². The van der Waals surface area contributed by atoms with Gasteiger partial charge in [-0.1, -0.05) is 26.7 Å². The van der Waals surface area contributed by atoms with E-state index in [1.165, 1.54) is 44.2 Å². The summed E-state index contributed by atoms with van der Waals surface area (Å²) in [5.41, 5.74) is 1.32. The molecule has 0 aromatic carbocycles. The first kappa shape index (κ1) is 16.3. The minimum Gasteiger partial charge on any atom is -0.493 e. The van der Waals surface area contributed by atoms with Crippen molar-refractivity contribution in [3.8, 4) is 5.75 Å². The molecule has 0 radical (unpaired) electrons. The summed E-state index contributed by atoms with van der Waals surface area (Å²) < 4.78 is 7.75. The van der Waals surface area contributed by atoms with Gasteiger partial charge >= 0.3 is 0 Å². The summed E-state index contributed by atoms with van der Waals surface area (Å²) in [6, 6.07) is 0.645. The first-order valence-corrected chi connectivity index (χ1v) is 8.63. The molecule has 1 aliphatic carbocycles. The number of rotatable bonds is 7. The van der Waals surface area contributed by atoms with Crippen molar-refractivity contribution in [3.05, 3.63) is 11.9 Å². The Hall–Kier alpha value is -1.03. The number of nitrogens with one attached hydrogen (secondary N) is 1. The largest absolute Gasteiger partial charge is 0.493 e. The standard InChI is InChI=1S/C17H31N3O/c1-4-10-18-15-9-7-6-8-14(12-15)17-16(21-3)13-19-20(17)11-5-2/h13-15,18H,4-12H2,1-3H3. The van der Waals surface area contributed by atoms with Crippen molar-refractivity contribution in [1.29, 1.82) is 0 Å². The van der Waals surface area contributed by atoms with E-state index in [-0.39, 0.29) is 0 Å². The molecule has 1 aromatic heterocycles. The maximum atomic E-state index is 5.58. The van der Waals surface area contributed by atoms with E-state index < -0.39 is 0 Å². The Balaban J connectivity index is 2.15. The zero-order chi connectivity index (χ0) is 15.1. The van der Waals surface area contributed by atoms with Crippen LogP contribution in [0.5, 0.6) is 5.75 Å². The van der Waals surface area contributed by atoms with Crippen LogP contribution >= 0.6 is 0 Å².